The first-order valence-corrected chi connectivity index (χ1v) is 11.8. The lowest BCUT2D eigenvalue weighted by Gasteiger charge is -2.30. The maximum atomic E-state index is 13.9. The highest BCUT2D eigenvalue weighted by Gasteiger charge is 2.30. The summed E-state index contributed by atoms with van der Waals surface area (Å²) in [4.78, 5) is 15.9. The third-order valence-corrected chi connectivity index (χ3v) is 6.86. The number of carbonyl (C=O) groups is 1. The molecule has 5 rings (SSSR count). The molecule has 3 heteroatoms. The van der Waals surface area contributed by atoms with Crippen LogP contribution in [0.25, 0.3) is 11.1 Å². The summed E-state index contributed by atoms with van der Waals surface area (Å²) in [5, 5.41) is 0. The Morgan fingerprint density at radius 3 is 2.24 bits per heavy atom. The van der Waals surface area contributed by atoms with Gasteiger partial charge in [-0.3, -0.25) is 4.79 Å². The van der Waals surface area contributed by atoms with E-state index in [1.807, 2.05) is 35.2 Å². The van der Waals surface area contributed by atoms with Crippen LogP contribution in [0, 0.1) is 12.7 Å². The highest BCUT2D eigenvalue weighted by atomic mass is 19.1. The Morgan fingerprint density at radius 2 is 1.53 bits per heavy atom. The van der Waals surface area contributed by atoms with Gasteiger partial charge in [0, 0.05) is 12.6 Å². The summed E-state index contributed by atoms with van der Waals surface area (Å²) < 4.78 is 13.9. The van der Waals surface area contributed by atoms with Crippen molar-refractivity contribution in [2.75, 3.05) is 0 Å². The molecule has 0 spiro atoms. The number of hydrogen-bond donors (Lipinski definition) is 0. The molecule has 0 atom stereocenters. The van der Waals surface area contributed by atoms with E-state index in [0.29, 0.717) is 13.0 Å². The lowest BCUT2D eigenvalue weighted by Crippen LogP contribution is -2.41. The van der Waals surface area contributed by atoms with Crippen molar-refractivity contribution in [1.29, 1.82) is 0 Å². The lowest BCUT2D eigenvalue weighted by molar-refractivity contribution is -0.133. The highest BCUT2D eigenvalue weighted by Crippen LogP contribution is 2.30. The molecule has 170 valence electrons. The van der Waals surface area contributed by atoms with Crippen molar-refractivity contribution in [2.45, 2.75) is 38.8 Å². The van der Waals surface area contributed by atoms with Crippen LogP contribution in [0.15, 0.2) is 97.1 Å². The molecule has 0 bridgehead atoms. The van der Waals surface area contributed by atoms with Crippen molar-refractivity contribution < 1.29 is 9.18 Å². The normalized spacial score (nSPS) is 13.0. The van der Waals surface area contributed by atoms with Gasteiger partial charge in [0.2, 0.25) is 5.91 Å². The van der Waals surface area contributed by atoms with Gasteiger partial charge in [-0.15, -0.1) is 0 Å². The molecule has 0 unspecified atom stereocenters. The van der Waals surface area contributed by atoms with Crippen LogP contribution >= 0.6 is 0 Å². The first kappa shape index (κ1) is 22.1. The SMILES string of the molecule is Cc1cccc(-c2ccccc2)c1CC(=O)N(Cc1cccc(F)c1)C1Cc2ccccc2C1. The number of amides is 1. The molecule has 1 amide bonds. The van der Waals surface area contributed by atoms with Crippen LogP contribution in [-0.4, -0.2) is 16.8 Å². The van der Waals surface area contributed by atoms with Gasteiger partial charge in [0.05, 0.1) is 6.42 Å². The molecule has 0 aliphatic heterocycles. The van der Waals surface area contributed by atoms with Gasteiger partial charge in [0.25, 0.3) is 0 Å². The van der Waals surface area contributed by atoms with Gasteiger partial charge in [0.1, 0.15) is 5.82 Å². The van der Waals surface area contributed by atoms with Crippen molar-refractivity contribution in [3.05, 3.63) is 131 Å². The predicted octanol–water partition coefficient (Wildman–Crippen LogP) is 6.54. The van der Waals surface area contributed by atoms with Crippen molar-refractivity contribution in [2.24, 2.45) is 0 Å². The number of benzene rings is 4. The minimum atomic E-state index is -0.273. The number of aryl methyl sites for hydroxylation is 1. The quantitative estimate of drug-likeness (QED) is 0.327. The van der Waals surface area contributed by atoms with Gasteiger partial charge < -0.3 is 4.90 Å². The first-order valence-electron chi connectivity index (χ1n) is 11.8. The summed E-state index contributed by atoms with van der Waals surface area (Å²) in [6, 6.07) is 31.5. The average Bonchev–Trinajstić information content (AvgIpc) is 3.28. The van der Waals surface area contributed by atoms with Gasteiger partial charge in [-0.1, -0.05) is 84.9 Å². The Bertz CT molecular complexity index is 1290. The van der Waals surface area contributed by atoms with E-state index >= 15 is 0 Å². The van der Waals surface area contributed by atoms with Crippen LogP contribution in [0.2, 0.25) is 0 Å². The fourth-order valence-electron chi connectivity index (χ4n) is 5.09. The van der Waals surface area contributed by atoms with E-state index in [4.69, 9.17) is 0 Å². The molecule has 0 saturated heterocycles. The molecule has 0 saturated carbocycles. The third-order valence-electron chi connectivity index (χ3n) is 6.86. The molecular formula is C31H28FNO. The Kier molecular flexibility index (Phi) is 6.27. The minimum absolute atomic E-state index is 0.0670. The summed E-state index contributed by atoms with van der Waals surface area (Å²) in [5.41, 5.74) is 7.77. The molecule has 0 N–H and O–H groups in total. The van der Waals surface area contributed by atoms with E-state index in [9.17, 15) is 9.18 Å². The van der Waals surface area contributed by atoms with Crippen molar-refractivity contribution in [3.63, 3.8) is 0 Å². The topological polar surface area (TPSA) is 20.3 Å². The van der Waals surface area contributed by atoms with Crippen molar-refractivity contribution >= 4 is 5.91 Å². The second kappa shape index (κ2) is 9.64. The zero-order valence-corrected chi connectivity index (χ0v) is 19.4. The number of hydrogen-bond acceptors (Lipinski definition) is 1. The fraction of sp³-hybridized carbons (Fsp3) is 0.194. The van der Waals surface area contributed by atoms with Crippen LogP contribution in [-0.2, 0) is 30.6 Å². The summed E-state index contributed by atoms with van der Waals surface area (Å²) in [5.74, 6) is -0.196. The molecule has 34 heavy (non-hydrogen) atoms. The van der Waals surface area contributed by atoms with E-state index < -0.39 is 0 Å². The third kappa shape index (κ3) is 4.65. The summed E-state index contributed by atoms with van der Waals surface area (Å²) in [6.45, 7) is 2.47. The van der Waals surface area contributed by atoms with Gasteiger partial charge in [0.15, 0.2) is 0 Å². The molecule has 0 heterocycles. The Labute approximate surface area is 200 Å². The Morgan fingerprint density at radius 1 is 0.853 bits per heavy atom. The monoisotopic (exact) mass is 449 g/mol. The van der Waals surface area contributed by atoms with E-state index in [2.05, 4.69) is 55.5 Å². The molecular weight excluding hydrogens is 421 g/mol. The molecule has 2 nitrogen and oxygen atoms in total. The number of rotatable bonds is 6. The highest BCUT2D eigenvalue weighted by molar-refractivity contribution is 5.83. The average molecular weight is 450 g/mol. The maximum Gasteiger partial charge on any atom is 0.227 e. The molecule has 4 aromatic carbocycles. The smallest absolute Gasteiger partial charge is 0.227 e. The van der Waals surface area contributed by atoms with Crippen LogP contribution in [0.1, 0.15) is 27.8 Å². The van der Waals surface area contributed by atoms with Gasteiger partial charge >= 0.3 is 0 Å². The standard InChI is InChI=1S/C31H28FNO/c1-22-9-7-16-29(24-11-3-2-4-12-24)30(22)20-31(34)33(21-23-10-8-15-27(32)17-23)28-18-25-13-5-6-14-26(25)19-28/h2-17,28H,18-21H2,1H3. The summed E-state index contributed by atoms with van der Waals surface area (Å²) in [6.07, 6.45) is 1.98. The fourth-order valence-corrected chi connectivity index (χ4v) is 5.09. The van der Waals surface area contributed by atoms with Gasteiger partial charge in [-0.05, 0) is 70.8 Å². The summed E-state index contributed by atoms with van der Waals surface area (Å²) >= 11 is 0. The number of fused-ring (bicyclic) bond motifs is 1. The molecule has 0 aromatic heterocycles. The van der Waals surface area contributed by atoms with E-state index in [1.54, 1.807) is 6.07 Å². The molecule has 0 fully saturated rings. The van der Waals surface area contributed by atoms with Crippen molar-refractivity contribution in [3.8, 4) is 11.1 Å². The second-order valence-corrected chi connectivity index (χ2v) is 9.13. The van der Waals surface area contributed by atoms with Crippen LogP contribution in [0.3, 0.4) is 0 Å². The van der Waals surface area contributed by atoms with E-state index in [1.165, 1.54) is 23.3 Å². The first-order chi connectivity index (χ1) is 16.6. The predicted molar refractivity (Wildman–Crippen MR) is 135 cm³/mol. The van der Waals surface area contributed by atoms with Crippen LogP contribution < -0.4 is 0 Å². The Balaban J connectivity index is 1.47. The van der Waals surface area contributed by atoms with Crippen LogP contribution in [0.5, 0.6) is 0 Å². The van der Waals surface area contributed by atoms with Crippen LogP contribution in [0.4, 0.5) is 4.39 Å². The second-order valence-electron chi connectivity index (χ2n) is 9.13. The zero-order valence-electron chi connectivity index (χ0n) is 19.4. The number of halogens is 1. The molecule has 1 aliphatic rings. The maximum absolute atomic E-state index is 13.9. The number of nitrogens with zero attached hydrogens (tertiary/aromatic N) is 1. The molecule has 0 radical (unpaired) electrons. The van der Waals surface area contributed by atoms with Gasteiger partial charge in [-0.25, -0.2) is 4.39 Å². The van der Waals surface area contributed by atoms with Gasteiger partial charge in [-0.2, -0.15) is 0 Å². The summed E-state index contributed by atoms with van der Waals surface area (Å²) in [7, 11) is 0. The molecule has 1 aliphatic carbocycles. The van der Waals surface area contributed by atoms with E-state index in [-0.39, 0.29) is 17.8 Å². The largest absolute Gasteiger partial charge is 0.334 e. The molecule has 4 aromatic rings. The minimum Gasteiger partial charge on any atom is -0.334 e. The Hall–Kier alpha value is -3.72. The zero-order chi connectivity index (χ0) is 23.5. The van der Waals surface area contributed by atoms with Crippen molar-refractivity contribution in [1.82, 2.24) is 4.90 Å². The van der Waals surface area contributed by atoms with E-state index in [0.717, 1.165) is 40.7 Å². The lowest BCUT2D eigenvalue weighted by atomic mass is 9.93. The number of carbonyl (C=O) groups excluding carboxylic acids is 1.